The summed E-state index contributed by atoms with van der Waals surface area (Å²) in [5.41, 5.74) is 2.73. The predicted molar refractivity (Wildman–Crippen MR) is 339 cm³/mol. The molecule has 514 valence electrons. The molecule has 0 spiro atoms. The molecule has 0 saturated carbocycles. The number of amides is 2. The van der Waals surface area contributed by atoms with E-state index in [0.717, 1.165) is 135 Å². The summed E-state index contributed by atoms with van der Waals surface area (Å²) in [5, 5.41) is 89.8. The maximum Gasteiger partial charge on any atom is 0.326 e. The Bertz CT molecular complexity index is 2430. The second kappa shape index (κ2) is 42.4. The van der Waals surface area contributed by atoms with E-state index in [1.54, 1.807) is 77.9 Å². The molecule has 11 N–H and O–H groups in total. The number of carbonyl (C=O) groups is 5. The van der Waals surface area contributed by atoms with Crippen LogP contribution in [0.3, 0.4) is 0 Å². The number of hydrogen-bond acceptors (Lipinski definition) is 23. The minimum Gasteiger partial charge on any atom is -0.748 e. The van der Waals surface area contributed by atoms with Crippen molar-refractivity contribution in [3.63, 3.8) is 0 Å². The SMILES string of the molecule is C[C@H](O)CN1CCN(CCCS(=O)(=O)[O-])CCN(C[C@H](C)O)CC1.C[C@H](O)CN1CCN(Cc2ccc(C(=O)NC(CC(=O)O)C(=O)O)cc2)CCN(C[C@H](C)O)CC1.C[C@H](O)CN1CCN(Cc2ccc(C(=O)NCC(=O)O)cc2)CCN(C[C@H](C)O)CC1. The molecule has 28 nitrogen and oxygen atoms in total. The topological polar surface area (TPSA) is 378 Å². The lowest BCUT2D eigenvalue weighted by Gasteiger charge is -2.27. The average Bonchev–Trinajstić information content (AvgIpc) is 1.88. The molecule has 2 aromatic rings. The second-order valence-corrected chi connectivity index (χ2v) is 25.9. The quantitative estimate of drug-likeness (QED) is 0.0403. The summed E-state index contributed by atoms with van der Waals surface area (Å²) in [5.74, 6) is -5.17. The van der Waals surface area contributed by atoms with Crippen LogP contribution in [0.2, 0.25) is 0 Å². The van der Waals surface area contributed by atoms with Gasteiger partial charge in [-0.3, -0.25) is 58.4 Å². The highest BCUT2D eigenvalue weighted by atomic mass is 32.2. The number of nitrogens with one attached hydrogen (secondary N) is 2. The zero-order valence-electron chi connectivity index (χ0n) is 53.8. The molecule has 0 aromatic heterocycles. The van der Waals surface area contributed by atoms with Crippen molar-refractivity contribution >= 4 is 39.8 Å². The molecule has 7 atom stereocenters. The lowest BCUT2D eigenvalue weighted by molar-refractivity contribution is -0.145. The Labute approximate surface area is 532 Å². The molecule has 1 unspecified atom stereocenters. The monoisotopic (exact) mass is 1300 g/mol. The van der Waals surface area contributed by atoms with Gasteiger partial charge in [-0.05, 0) is 89.9 Å². The van der Waals surface area contributed by atoms with E-state index in [1.165, 1.54) is 0 Å². The van der Waals surface area contributed by atoms with Crippen molar-refractivity contribution in [1.29, 1.82) is 0 Å². The van der Waals surface area contributed by atoms with Gasteiger partial charge in [0.2, 0.25) is 0 Å². The zero-order valence-corrected chi connectivity index (χ0v) is 54.6. The van der Waals surface area contributed by atoms with E-state index >= 15 is 0 Å². The molecule has 0 radical (unpaired) electrons. The molecule has 0 bridgehead atoms. The van der Waals surface area contributed by atoms with Crippen LogP contribution in [-0.4, -0.2) is 351 Å². The van der Waals surface area contributed by atoms with Gasteiger partial charge in [0.1, 0.15) is 12.6 Å². The molecule has 2 amide bonds. The number of carboxylic acid groups (broad SMARTS) is 3. The number of benzene rings is 2. The average molecular weight is 1300 g/mol. The maximum atomic E-state index is 12.4. The Balaban J connectivity index is 0.000000359. The lowest BCUT2D eigenvalue weighted by Crippen LogP contribution is -2.42. The fraction of sp³-hybridized carbons (Fsp3) is 0.721. The number of aliphatic hydroxyl groups is 6. The normalized spacial score (nSPS) is 20.0. The van der Waals surface area contributed by atoms with Gasteiger partial charge in [-0.1, -0.05) is 24.3 Å². The third kappa shape index (κ3) is 36.4. The smallest absolute Gasteiger partial charge is 0.326 e. The maximum absolute atomic E-state index is 12.4. The Morgan fingerprint density at radius 2 is 0.711 bits per heavy atom. The Kier molecular flexibility index (Phi) is 37.3. The summed E-state index contributed by atoms with van der Waals surface area (Å²) >= 11 is 0. The minimum atomic E-state index is -4.17. The van der Waals surface area contributed by atoms with Crippen LogP contribution in [0.25, 0.3) is 0 Å². The first kappa shape index (κ1) is 79.3. The van der Waals surface area contributed by atoms with Crippen LogP contribution < -0.4 is 10.6 Å². The summed E-state index contributed by atoms with van der Waals surface area (Å²) in [4.78, 5) is 77.1. The van der Waals surface area contributed by atoms with E-state index in [0.29, 0.717) is 64.3 Å². The molecule has 3 heterocycles. The number of β-amino-alcohol motifs (C(OH)–C–C–N with tert-alkyl or cyclic N) is 6. The van der Waals surface area contributed by atoms with Gasteiger partial charge in [-0.2, -0.15) is 0 Å². The highest BCUT2D eigenvalue weighted by molar-refractivity contribution is 7.85. The Morgan fingerprint density at radius 3 is 0.967 bits per heavy atom. The third-order valence-corrected chi connectivity index (χ3v) is 16.0. The van der Waals surface area contributed by atoms with Crippen molar-refractivity contribution in [2.45, 2.75) is 110 Å². The summed E-state index contributed by atoms with van der Waals surface area (Å²) in [6.07, 6.45) is -2.82. The van der Waals surface area contributed by atoms with Crippen molar-refractivity contribution in [2.75, 3.05) is 176 Å². The number of rotatable bonds is 28. The van der Waals surface area contributed by atoms with E-state index in [1.807, 2.05) is 12.1 Å². The largest absolute Gasteiger partial charge is 0.748 e. The van der Waals surface area contributed by atoms with E-state index in [2.05, 4.69) is 54.7 Å². The van der Waals surface area contributed by atoms with Gasteiger partial charge >= 0.3 is 17.9 Å². The predicted octanol–water partition coefficient (Wildman–Crippen LogP) is -2.19. The van der Waals surface area contributed by atoms with Gasteiger partial charge in [-0.15, -0.1) is 0 Å². The molecule has 29 heteroatoms. The van der Waals surface area contributed by atoms with Crippen LogP contribution in [0.15, 0.2) is 48.5 Å². The Hall–Kier alpha value is -4.90. The molecule has 5 rings (SSSR count). The standard InChI is InChI=1S/C24H38N4O7.C22H36N4O5.C15H33N3O5S/c1-17(29)14-26-7-8-27(15-18(2)30)10-12-28(11-9-26)16-19-3-5-20(6-4-19)23(33)25-21(24(34)35)13-22(31)32;1-17(27)14-24-7-8-25(15-18(2)28)10-12-26(11-9-24)16-19-3-5-20(6-4-19)22(31)23-13-21(29)30;1-14(19)12-17-7-5-16(4-3-11-24(21,22)23)6-8-18(10-9-17)13-15(2)20/h3-6,17-18,21,29-30H,7-16H2,1-2H3,(H,25,33)(H,31,32)(H,34,35);3-6,17-18,27-28H,7-16H2,1-2H3,(H,23,31)(H,29,30);14-15,19-20H,3-13H2,1-2H3,(H,21,22,23)/p-1/t17-,18-,21?;17-,18-;14-,15-/m000/s1. The lowest BCUT2D eigenvalue weighted by atomic mass is 10.1. The molecule has 3 fully saturated rings. The van der Waals surface area contributed by atoms with Crippen molar-refractivity contribution in [2.24, 2.45) is 0 Å². The van der Waals surface area contributed by atoms with E-state index < -0.39 is 83.3 Å². The van der Waals surface area contributed by atoms with Gasteiger partial charge in [0, 0.05) is 187 Å². The van der Waals surface area contributed by atoms with E-state index in [9.17, 15) is 67.6 Å². The second-order valence-electron chi connectivity index (χ2n) is 24.3. The van der Waals surface area contributed by atoms with Crippen molar-refractivity contribution in [3.05, 3.63) is 70.8 Å². The molecule has 0 aliphatic carbocycles. The highest BCUT2D eigenvalue weighted by Crippen LogP contribution is 2.14. The number of carbonyl (C=O) groups excluding carboxylic acids is 2. The summed E-state index contributed by atoms with van der Waals surface area (Å²) in [6.45, 7) is 30.5. The zero-order chi connectivity index (χ0) is 66.9. The number of nitrogens with zero attached hydrogens (tertiary/aromatic N) is 9. The van der Waals surface area contributed by atoms with Crippen molar-refractivity contribution in [1.82, 2.24) is 54.7 Å². The van der Waals surface area contributed by atoms with Crippen molar-refractivity contribution in [3.8, 4) is 0 Å². The molecular formula is C61H106N11O17S-. The van der Waals surface area contributed by atoms with E-state index in [-0.39, 0.29) is 23.5 Å². The van der Waals surface area contributed by atoms with Crippen LogP contribution in [0.4, 0.5) is 0 Å². The Morgan fingerprint density at radius 1 is 0.433 bits per heavy atom. The summed E-state index contributed by atoms with van der Waals surface area (Å²) in [7, 11) is -4.17. The van der Waals surface area contributed by atoms with Crippen LogP contribution in [0.5, 0.6) is 0 Å². The molecule has 90 heavy (non-hydrogen) atoms. The molecular weight excluding hydrogens is 1190 g/mol. The summed E-state index contributed by atoms with van der Waals surface area (Å²) in [6, 6.07) is 12.5. The first-order chi connectivity index (χ1) is 42.4. The summed E-state index contributed by atoms with van der Waals surface area (Å²) < 4.78 is 32.3. The van der Waals surface area contributed by atoms with Crippen LogP contribution in [0.1, 0.15) is 86.2 Å². The number of aliphatic hydroxyl groups excluding tert-OH is 6. The molecule has 3 aliphatic heterocycles. The van der Waals surface area contributed by atoms with Gasteiger partial charge in [-0.25, -0.2) is 13.2 Å². The van der Waals surface area contributed by atoms with Gasteiger partial charge in [0.15, 0.2) is 0 Å². The minimum absolute atomic E-state index is 0.251. The number of carboxylic acids is 3. The number of hydrogen-bond donors (Lipinski definition) is 11. The first-order valence-electron chi connectivity index (χ1n) is 31.4. The molecule has 3 saturated heterocycles. The van der Waals surface area contributed by atoms with Gasteiger partial charge < -0.3 is 66.0 Å². The van der Waals surface area contributed by atoms with Gasteiger partial charge in [0.25, 0.3) is 11.8 Å². The fourth-order valence-electron chi connectivity index (χ4n) is 10.8. The van der Waals surface area contributed by atoms with Crippen LogP contribution in [0, 0.1) is 0 Å². The van der Waals surface area contributed by atoms with Crippen LogP contribution in [-0.2, 0) is 37.6 Å². The number of aliphatic carboxylic acids is 3. The first-order valence-corrected chi connectivity index (χ1v) is 33.0. The van der Waals surface area contributed by atoms with Crippen LogP contribution >= 0.6 is 0 Å². The molecule has 2 aromatic carbocycles. The van der Waals surface area contributed by atoms with Crippen molar-refractivity contribution < 1.29 is 82.9 Å². The highest BCUT2D eigenvalue weighted by Gasteiger charge is 2.25. The van der Waals surface area contributed by atoms with E-state index in [4.69, 9.17) is 15.3 Å². The third-order valence-electron chi connectivity index (χ3n) is 15.2. The molecule has 3 aliphatic rings. The fourth-order valence-corrected chi connectivity index (χ4v) is 11.3. The van der Waals surface area contributed by atoms with Gasteiger partial charge in [0.05, 0.1) is 53.2 Å².